The number of benzene rings is 1. The van der Waals surface area contributed by atoms with Gasteiger partial charge in [-0.2, -0.15) is 0 Å². The van der Waals surface area contributed by atoms with Gasteiger partial charge in [0.15, 0.2) is 11.4 Å². The summed E-state index contributed by atoms with van der Waals surface area (Å²) >= 11 is 5.84. The quantitative estimate of drug-likeness (QED) is 0.366. The molecule has 0 N–H and O–H groups in total. The van der Waals surface area contributed by atoms with Crippen molar-refractivity contribution in [2.45, 2.75) is 6.92 Å². The molecule has 18 heavy (non-hydrogen) atoms. The summed E-state index contributed by atoms with van der Waals surface area (Å²) in [6.07, 6.45) is 0.582. The maximum absolute atomic E-state index is 11.1. The number of hydrogen-bond acceptors (Lipinski definition) is 3. The van der Waals surface area contributed by atoms with Crippen molar-refractivity contribution in [2.24, 2.45) is 5.11 Å². The summed E-state index contributed by atoms with van der Waals surface area (Å²) in [5, 5.41) is 3.45. The van der Waals surface area contributed by atoms with Crippen LogP contribution >= 0.6 is 11.6 Å². The lowest BCUT2D eigenvalue weighted by atomic mass is 10.2. The van der Waals surface area contributed by atoms with E-state index in [0.717, 1.165) is 5.56 Å². The third-order valence-corrected chi connectivity index (χ3v) is 2.73. The highest BCUT2D eigenvalue weighted by Gasteiger charge is 2.16. The fourth-order valence-corrected chi connectivity index (χ4v) is 1.86. The maximum Gasteiger partial charge on any atom is 0.203 e. The lowest BCUT2D eigenvalue weighted by molar-refractivity contribution is 0.111. The van der Waals surface area contributed by atoms with Crippen LogP contribution in [0.5, 0.6) is 0 Å². The molecule has 2 rings (SSSR count). The summed E-state index contributed by atoms with van der Waals surface area (Å²) in [5.74, 6) is 0.0406. The summed E-state index contributed by atoms with van der Waals surface area (Å²) in [6.45, 7) is 1.87. The average molecular weight is 262 g/mol. The first-order chi connectivity index (χ1) is 8.69. The molecule has 0 aliphatic carbocycles. The van der Waals surface area contributed by atoms with Gasteiger partial charge in [-0.1, -0.05) is 29.8 Å². The molecule has 90 valence electrons. The van der Waals surface area contributed by atoms with Crippen molar-refractivity contribution in [3.63, 3.8) is 0 Å². The molecule has 0 atom stereocenters. The molecular formula is C11H8ClN5O. The lowest BCUT2D eigenvalue weighted by Gasteiger charge is -2.09. The Morgan fingerprint density at radius 3 is 2.83 bits per heavy atom. The Morgan fingerprint density at radius 2 is 2.22 bits per heavy atom. The minimum Gasteiger partial charge on any atom is -0.296 e. The van der Waals surface area contributed by atoms with E-state index in [9.17, 15) is 4.79 Å². The summed E-state index contributed by atoms with van der Waals surface area (Å²) in [7, 11) is 0. The van der Waals surface area contributed by atoms with Crippen LogP contribution in [0.15, 0.2) is 29.4 Å². The molecule has 1 aromatic heterocycles. The number of carbonyl (C=O) groups is 1. The first kappa shape index (κ1) is 12.2. The van der Waals surface area contributed by atoms with Crippen LogP contribution in [0.3, 0.4) is 0 Å². The Labute approximate surface area is 107 Å². The minimum atomic E-state index is 0.00986. The van der Waals surface area contributed by atoms with Gasteiger partial charge in [0.25, 0.3) is 0 Å². The Kier molecular flexibility index (Phi) is 3.32. The number of aromatic nitrogens is 2. The van der Waals surface area contributed by atoms with Crippen LogP contribution in [-0.2, 0) is 0 Å². The zero-order valence-corrected chi connectivity index (χ0v) is 10.2. The first-order valence-corrected chi connectivity index (χ1v) is 5.41. The first-order valence-electron chi connectivity index (χ1n) is 5.03. The summed E-state index contributed by atoms with van der Waals surface area (Å²) < 4.78 is 1.43. The van der Waals surface area contributed by atoms with Crippen LogP contribution in [0.25, 0.3) is 16.1 Å². The van der Waals surface area contributed by atoms with Crippen LogP contribution in [0.1, 0.15) is 16.1 Å². The number of carbonyl (C=O) groups excluding carboxylic acids is 1. The van der Waals surface area contributed by atoms with Gasteiger partial charge in [0.1, 0.15) is 5.69 Å². The molecule has 0 saturated carbocycles. The van der Waals surface area contributed by atoms with Crippen molar-refractivity contribution >= 4 is 23.8 Å². The van der Waals surface area contributed by atoms with E-state index in [-0.39, 0.29) is 16.8 Å². The fourth-order valence-electron chi connectivity index (χ4n) is 1.66. The van der Waals surface area contributed by atoms with Gasteiger partial charge in [0, 0.05) is 4.91 Å². The molecule has 0 aliphatic rings. The van der Waals surface area contributed by atoms with Crippen molar-refractivity contribution in [1.82, 2.24) is 9.55 Å². The standard InChI is InChI=1S/C11H8ClN5O/c1-7-4-2-3-5-8(7)17-9(6-18)10(12)14-11(17)15-16-13/h2-6H,1H3. The monoisotopic (exact) mass is 261 g/mol. The Balaban J connectivity index is 2.80. The van der Waals surface area contributed by atoms with Gasteiger partial charge < -0.3 is 0 Å². The average Bonchev–Trinajstić information content (AvgIpc) is 2.66. The van der Waals surface area contributed by atoms with Crippen molar-refractivity contribution in [1.29, 1.82) is 0 Å². The lowest BCUT2D eigenvalue weighted by Crippen LogP contribution is -2.01. The van der Waals surface area contributed by atoms with Gasteiger partial charge in [-0.3, -0.25) is 9.36 Å². The highest BCUT2D eigenvalue weighted by molar-refractivity contribution is 6.31. The molecule has 0 unspecified atom stereocenters. The molecule has 6 nitrogen and oxygen atoms in total. The van der Waals surface area contributed by atoms with Crippen LogP contribution < -0.4 is 0 Å². The molecule has 0 spiro atoms. The maximum atomic E-state index is 11.1. The van der Waals surface area contributed by atoms with E-state index >= 15 is 0 Å². The number of halogens is 1. The molecule has 0 aliphatic heterocycles. The second kappa shape index (κ2) is 4.91. The van der Waals surface area contributed by atoms with Gasteiger partial charge in [0.2, 0.25) is 5.95 Å². The number of hydrogen-bond donors (Lipinski definition) is 0. The van der Waals surface area contributed by atoms with E-state index < -0.39 is 0 Å². The summed E-state index contributed by atoms with van der Waals surface area (Å²) in [6, 6.07) is 7.34. The van der Waals surface area contributed by atoms with Crippen molar-refractivity contribution in [3.05, 3.63) is 51.1 Å². The zero-order chi connectivity index (χ0) is 13.1. The van der Waals surface area contributed by atoms with Crippen molar-refractivity contribution < 1.29 is 4.79 Å². The van der Waals surface area contributed by atoms with Crippen LogP contribution in [0, 0.1) is 6.92 Å². The largest absolute Gasteiger partial charge is 0.296 e. The normalized spacial score (nSPS) is 9.89. The smallest absolute Gasteiger partial charge is 0.203 e. The molecule has 1 aromatic carbocycles. The molecule has 0 fully saturated rings. The van der Waals surface area contributed by atoms with E-state index in [1.165, 1.54) is 4.57 Å². The highest BCUT2D eigenvalue weighted by atomic mass is 35.5. The SMILES string of the molecule is Cc1ccccc1-n1c(N=[N+]=[N-])nc(Cl)c1C=O. The van der Waals surface area contributed by atoms with Crippen molar-refractivity contribution in [3.8, 4) is 5.69 Å². The third kappa shape index (κ3) is 1.95. The third-order valence-electron chi connectivity index (χ3n) is 2.45. The predicted octanol–water partition coefficient (Wildman–Crippen LogP) is 3.59. The minimum absolute atomic E-state index is 0.00986. The van der Waals surface area contributed by atoms with Gasteiger partial charge in [-0.05, 0) is 29.2 Å². The Morgan fingerprint density at radius 1 is 1.50 bits per heavy atom. The molecular weight excluding hydrogens is 254 g/mol. The second-order valence-corrected chi connectivity index (χ2v) is 3.88. The van der Waals surface area contributed by atoms with Gasteiger partial charge in [0.05, 0.1) is 5.69 Å². The zero-order valence-electron chi connectivity index (χ0n) is 9.41. The number of rotatable bonds is 3. The van der Waals surface area contributed by atoms with E-state index in [1.54, 1.807) is 6.07 Å². The number of aldehydes is 1. The molecule has 2 aromatic rings. The topological polar surface area (TPSA) is 83.7 Å². The Bertz CT molecular complexity index is 657. The van der Waals surface area contributed by atoms with Gasteiger partial charge >= 0.3 is 0 Å². The van der Waals surface area contributed by atoms with E-state index in [4.69, 9.17) is 17.1 Å². The number of nitrogens with zero attached hydrogens (tertiary/aromatic N) is 5. The Hall–Kier alpha value is -2.30. The van der Waals surface area contributed by atoms with Gasteiger partial charge in [-0.25, -0.2) is 4.98 Å². The molecule has 0 amide bonds. The molecule has 1 heterocycles. The summed E-state index contributed by atoms with van der Waals surface area (Å²) in [5.41, 5.74) is 10.3. The van der Waals surface area contributed by atoms with E-state index in [1.807, 2.05) is 25.1 Å². The number of azide groups is 1. The van der Waals surface area contributed by atoms with Crippen LogP contribution in [0.4, 0.5) is 5.95 Å². The highest BCUT2D eigenvalue weighted by Crippen LogP contribution is 2.27. The van der Waals surface area contributed by atoms with Crippen LogP contribution in [-0.4, -0.2) is 15.8 Å². The van der Waals surface area contributed by atoms with E-state index in [0.29, 0.717) is 12.0 Å². The summed E-state index contributed by atoms with van der Waals surface area (Å²) in [4.78, 5) is 17.6. The number of imidazole rings is 1. The van der Waals surface area contributed by atoms with E-state index in [2.05, 4.69) is 15.0 Å². The van der Waals surface area contributed by atoms with Crippen LogP contribution in [0.2, 0.25) is 5.15 Å². The predicted molar refractivity (Wildman–Crippen MR) is 67.5 cm³/mol. The van der Waals surface area contributed by atoms with Crippen molar-refractivity contribution in [2.75, 3.05) is 0 Å². The second-order valence-electron chi connectivity index (χ2n) is 3.52. The number of para-hydroxylation sites is 1. The molecule has 0 radical (unpaired) electrons. The number of aryl methyl sites for hydroxylation is 1. The molecule has 7 heteroatoms. The van der Waals surface area contributed by atoms with Gasteiger partial charge in [-0.15, -0.1) is 0 Å². The molecule has 0 bridgehead atoms. The fraction of sp³-hybridized carbons (Fsp3) is 0.0909. The molecule has 0 saturated heterocycles.